The zero-order valence-electron chi connectivity index (χ0n) is 14.3. The van der Waals surface area contributed by atoms with E-state index in [4.69, 9.17) is 4.74 Å². The Morgan fingerprint density at radius 1 is 1.08 bits per heavy atom. The predicted octanol–water partition coefficient (Wildman–Crippen LogP) is 3.06. The number of ether oxygens (including phenoxy) is 1. The second-order valence-corrected chi connectivity index (χ2v) is 6.80. The molecule has 2 amide bonds. The Hall–Kier alpha value is -2.04. The van der Waals surface area contributed by atoms with Crippen LogP contribution in [-0.4, -0.2) is 36.9 Å². The first-order chi connectivity index (χ1) is 11.7. The lowest BCUT2D eigenvalue weighted by atomic mass is 9.81. The zero-order valence-corrected chi connectivity index (χ0v) is 14.3. The maximum atomic E-state index is 12.5. The third-order valence-corrected chi connectivity index (χ3v) is 5.20. The van der Waals surface area contributed by atoms with E-state index in [9.17, 15) is 9.59 Å². The van der Waals surface area contributed by atoms with Gasteiger partial charge < -0.3 is 15.0 Å². The molecule has 0 bridgehead atoms. The van der Waals surface area contributed by atoms with Crippen molar-refractivity contribution in [2.75, 3.05) is 25.5 Å². The number of amides is 2. The number of nitrogens with zero attached hydrogens (tertiary/aromatic N) is 1. The standard InChI is InChI=1S/C19H26N2O3/c1-24-17-6-4-5-16(13-17)20-18(22)14-7-9-15(10-8-14)19(23)21-11-2-3-12-21/h4-6,13-15H,2-3,7-12H2,1H3,(H,20,22). The van der Waals surface area contributed by atoms with Crippen LogP contribution in [0.1, 0.15) is 38.5 Å². The molecule has 0 spiro atoms. The van der Waals surface area contributed by atoms with Crippen molar-refractivity contribution in [3.05, 3.63) is 24.3 Å². The van der Waals surface area contributed by atoms with Crippen LogP contribution in [0.25, 0.3) is 0 Å². The van der Waals surface area contributed by atoms with Gasteiger partial charge in [0.15, 0.2) is 0 Å². The molecule has 1 aromatic carbocycles. The number of hydrogen-bond acceptors (Lipinski definition) is 3. The molecule has 1 N–H and O–H groups in total. The number of rotatable bonds is 4. The van der Waals surface area contributed by atoms with E-state index in [0.29, 0.717) is 5.91 Å². The monoisotopic (exact) mass is 330 g/mol. The summed E-state index contributed by atoms with van der Waals surface area (Å²) in [5.41, 5.74) is 0.759. The smallest absolute Gasteiger partial charge is 0.227 e. The van der Waals surface area contributed by atoms with Gasteiger partial charge in [-0.15, -0.1) is 0 Å². The molecule has 1 aliphatic carbocycles. The van der Waals surface area contributed by atoms with Crippen molar-refractivity contribution in [3.8, 4) is 5.75 Å². The Labute approximate surface area is 143 Å². The molecule has 3 rings (SSSR count). The summed E-state index contributed by atoms with van der Waals surface area (Å²) < 4.78 is 5.18. The lowest BCUT2D eigenvalue weighted by molar-refractivity contribution is -0.136. The molecule has 1 aliphatic heterocycles. The van der Waals surface area contributed by atoms with E-state index in [2.05, 4.69) is 5.32 Å². The van der Waals surface area contributed by atoms with Gasteiger partial charge in [-0.3, -0.25) is 9.59 Å². The molecule has 1 heterocycles. The quantitative estimate of drug-likeness (QED) is 0.923. The molecule has 5 heteroatoms. The van der Waals surface area contributed by atoms with Crippen LogP contribution in [0.15, 0.2) is 24.3 Å². The largest absolute Gasteiger partial charge is 0.497 e. The van der Waals surface area contributed by atoms with E-state index in [1.165, 1.54) is 0 Å². The van der Waals surface area contributed by atoms with Gasteiger partial charge in [0.05, 0.1) is 7.11 Å². The average Bonchev–Trinajstić information content (AvgIpc) is 3.16. The number of anilines is 1. The second kappa shape index (κ2) is 7.69. The van der Waals surface area contributed by atoms with Gasteiger partial charge in [0.1, 0.15) is 5.75 Å². The van der Waals surface area contributed by atoms with Crippen LogP contribution >= 0.6 is 0 Å². The van der Waals surface area contributed by atoms with Gasteiger partial charge in [0.25, 0.3) is 0 Å². The van der Waals surface area contributed by atoms with Gasteiger partial charge in [-0.1, -0.05) is 6.07 Å². The Morgan fingerprint density at radius 3 is 2.42 bits per heavy atom. The molecule has 1 aromatic rings. The SMILES string of the molecule is COc1cccc(NC(=O)C2CCC(C(=O)N3CCCC3)CC2)c1. The maximum absolute atomic E-state index is 12.5. The molecule has 2 aliphatic rings. The summed E-state index contributed by atoms with van der Waals surface area (Å²) in [5.74, 6) is 1.20. The fourth-order valence-electron chi connectivity index (χ4n) is 3.74. The van der Waals surface area contributed by atoms with Gasteiger partial charge in [-0.05, 0) is 50.7 Å². The number of benzene rings is 1. The van der Waals surface area contributed by atoms with Gasteiger partial charge in [-0.25, -0.2) is 0 Å². The van der Waals surface area contributed by atoms with Gasteiger partial charge in [0, 0.05) is 36.7 Å². The lowest BCUT2D eigenvalue weighted by Gasteiger charge is -2.29. The van der Waals surface area contributed by atoms with Crippen LogP contribution in [0.2, 0.25) is 0 Å². The van der Waals surface area contributed by atoms with Crippen molar-refractivity contribution in [1.29, 1.82) is 0 Å². The highest BCUT2D eigenvalue weighted by Gasteiger charge is 2.32. The summed E-state index contributed by atoms with van der Waals surface area (Å²) in [6.45, 7) is 1.82. The molecule has 0 atom stereocenters. The molecule has 0 radical (unpaired) electrons. The summed E-state index contributed by atoms with van der Waals surface area (Å²) in [4.78, 5) is 26.9. The Morgan fingerprint density at radius 2 is 1.75 bits per heavy atom. The van der Waals surface area contributed by atoms with Crippen molar-refractivity contribution in [2.24, 2.45) is 11.8 Å². The van der Waals surface area contributed by atoms with Crippen molar-refractivity contribution >= 4 is 17.5 Å². The van der Waals surface area contributed by atoms with Gasteiger partial charge in [0.2, 0.25) is 11.8 Å². The van der Waals surface area contributed by atoms with E-state index in [0.717, 1.165) is 63.1 Å². The zero-order chi connectivity index (χ0) is 16.9. The number of methoxy groups -OCH3 is 1. The highest BCUT2D eigenvalue weighted by molar-refractivity contribution is 5.93. The van der Waals surface area contributed by atoms with Crippen LogP contribution < -0.4 is 10.1 Å². The summed E-state index contributed by atoms with van der Waals surface area (Å²) >= 11 is 0. The molecule has 2 fully saturated rings. The minimum atomic E-state index is -0.00108. The number of carbonyl (C=O) groups is 2. The first kappa shape index (κ1) is 16.8. The Bertz CT molecular complexity index is 588. The molecule has 1 saturated heterocycles. The molecule has 24 heavy (non-hydrogen) atoms. The highest BCUT2D eigenvalue weighted by atomic mass is 16.5. The summed E-state index contributed by atoms with van der Waals surface area (Å²) in [6.07, 6.45) is 5.49. The van der Waals surface area contributed by atoms with E-state index < -0.39 is 0 Å². The fourth-order valence-corrected chi connectivity index (χ4v) is 3.74. The summed E-state index contributed by atoms with van der Waals surface area (Å²) in [5, 5.41) is 2.97. The third-order valence-electron chi connectivity index (χ3n) is 5.20. The fraction of sp³-hybridized carbons (Fsp3) is 0.579. The Balaban J connectivity index is 1.50. The summed E-state index contributed by atoms with van der Waals surface area (Å²) in [7, 11) is 1.61. The first-order valence-electron chi connectivity index (χ1n) is 8.91. The van der Waals surface area contributed by atoms with Crippen LogP contribution in [-0.2, 0) is 9.59 Å². The minimum absolute atomic E-state index is 0.00108. The third kappa shape index (κ3) is 3.89. The predicted molar refractivity (Wildman–Crippen MR) is 92.9 cm³/mol. The van der Waals surface area contributed by atoms with E-state index in [-0.39, 0.29) is 17.7 Å². The van der Waals surface area contributed by atoms with Crippen LogP contribution in [0.5, 0.6) is 5.75 Å². The molecular formula is C19H26N2O3. The normalized spacial score (nSPS) is 23.8. The topological polar surface area (TPSA) is 58.6 Å². The number of carbonyl (C=O) groups excluding carboxylic acids is 2. The Kier molecular flexibility index (Phi) is 5.38. The van der Waals surface area contributed by atoms with Crippen LogP contribution in [0.4, 0.5) is 5.69 Å². The molecule has 0 aromatic heterocycles. The number of hydrogen-bond donors (Lipinski definition) is 1. The molecule has 1 saturated carbocycles. The van der Waals surface area contributed by atoms with Crippen LogP contribution in [0.3, 0.4) is 0 Å². The molecule has 0 unspecified atom stereocenters. The second-order valence-electron chi connectivity index (χ2n) is 6.80. The maximum Gasteiger partial charge on any atom is 0.227 e. The van der Waals surface area contributed by atoms with Crippen molar-refractivity contribution in [1.82, 2.24) is 4.90 Å². The van der Waals surface area contributed by atoms with Gasteiger partial charge in [-0.2, -0.15) is 0 Å². The summed E-state index contributed by atoms with van der Waals surface area (Å²) in [6, 6.07) is 7.40. The van der Waals surface area contributed by atoms with Crippen molar-refractivity contribution in [3.63, 3.8) is 0 Å². The average molecular weight is 330 g/mol. The van der Waals surface area contributed by atoms with Gasteiger partial charge >= 0.3 is 0 Å². The first-order valence-corrected chi connectivity index (χ1v) is 8.91. The van der Waals surface area contributed by atoms with E-state index in [1.807, 2.05) is 29.2 Å². The van der Waals surface area contributed by atoms with E-state index in [1.54, 1.807) is 7.11 Å². The van der Waals surface area contributed by atoms with E-state index >= 15 is 0 Å². The van der Waals surface area contributed by atoms with Crippen molar-refractivity contribution < 1.29 is 14.3 Å². The molecule has 5 nitrogen and oxygen atoms in total. The van der Waals surface area contributed by atoms with Crippen LogP contribution in [0, 0.1) is 11.8 Å². The minimum Gasteiger partial charge on any atom is -0.497 e. The molecule has 130 valence electrons. The van der Waals surface area contributed by atoms with Crippen molar-refractivity contribution in [2.45, 2.75) is 38.5 Å². The molecular weight excluding hydrogens is 304 g/mol. The number of nitrogens with one attached hydrogen (secondary N) is 1. The highest BCUT2D eigenvalue weighted by Crippen LogP contribution is 2.32. The lowest BCUT2D eigenvalue weighted by Crippen LogP contribution is -2.37. The number of likely N-dealkylation sites (tertiary alicyclic amines) is 1.